The number of piperazine rings is 1. The van der Waals surface area contributed by atoms with E-state index in [4.69, 9.17) is 11.6 Å². The number of nitrogens with zero attached hydrogens (tertiary/aromatic N) is 2. The van der Waals surface area contributed by atoms with Gasteiger partial charge in [-0.05, 0) is 24.6 Å². The zero-order chi connectivity index (χ0) is 13.9. The van der Waals surface area contributed by atoms with E-state index in [2.05, 4.69) is 27.3 Å². The second kappa shape index (κ2) is 5.95. The summed E-state index contributed by atoms with van der Waals surface area (Å²) in [5.41, 5.74) is 3.46. The highest BCUT2D eigenvalue weighted by molar-refractivity contribution is 6.30. The third-order valence-electron chi connectivity index (χ3n) is 3.70. The molecule has 4 nitrogen and oxygen atoms in total. The van der Waals surface area contributed by atoms with Gasteiger partial charge in [0.1, 0.15) is 0 Å². The molecule has 0 aliphatic carbocycles. The first-order valence-corrected chi connectivity index (χ1v) is 7.34. The second-order valence-corrected chi connectivity index (χ2v) is 5.80. The first kappa shape index (κ1) is 13.6. The van der Waals surface area contributed by atoms with Crippen LogP contribution in [0.1, 0.15) is 12.5 Å². The summed E-state index contributed by atoms with van der Waals surface area (Å²) in [5.74, 6) is 0. The maximum atomic E-state index is 5.94. The molecule has 1 aliphatic heterocycles. The van der Waals surface area contributed by atoms with E-state index in [1.54, 1.807) is 0 Å². The number of hydrogen-bond donors (Lipinski definition) is 2. The summed E-state index contributed by atoms with van der Waals surface area (Å²) < 4.78 is 0. The highest BCUT2D eigenvalue weighted by Gasteiger charge is 2.18. The number of aromatic amines is 1. The van der Waals surface area contributed by atoms with Crippen LogP contribution in [0.3, 0.4) is 0 Å². The molecule has 1 saturated heterocycles. The van der Waals surface area contributed by atoms with Gasteiger partial charge in [0.05, 0.1) is 11.9 Å². The van der Waals surface area contributed by atoms with E-state index in [1.165, 1.54) is 5.56 Å². The Bertz CT molecular complexity index is 564. The van der Waals surface area contributed by atoms with Crippen LogP contribution in [0.15, 0.2) is 30.5 Å². The molecule has 3 rings (SSSR count). The lowest BCUT2D eigenvalue weighted by Crippen LogP contribution is -2.48. The van der Waals surface area contributed by atoms with Crippen LogP contribution >= 0.6 is 11.6 Å². The van der Waals surface area contributed by atoms with Gasteiger partial charge in [-0.15, -0.1) is 0 Å². The maximum Gasteiger partial charge on any atom is 0.0695 e. The Kier molecular flexibility index (Phi) is 4.05. The van der Waals surface area contributed by atoms with Gasteiger partial charge >= 0.3 is 0 Å². The van der Waals surface area contributed by atoms with E-state index in [1.807, 2.05) is 30.5 Å². The molecule has 0 saturated carbocycles. The van der Waals surface area contributed by atoms with Gasteiger partial charge in [0, 0.05) is 42.8 Å². The summed E-state index contributed by atoms with van der Waals surface area (Å²) in [6.07, 6.45) is 1.93. The molecule has 0 amide bonds. The van der Waals surface area contributed by atoms with E-state index in [9.17, 15) is 0 Å². The summed E-state index contributed by atoms with van der Waals surface area (Å²) in [6, 6.07) is 8.43. The zero-order valence-corrected chi connectivity index (χ0v) is 12.3. The van der Waals surface area contributed by atoms with Crippen LogP contribution in [0.4, 0.5) is 0 Å². The topological polar surface area (TPSA) is 44.0 Å². The quantitative estimate of drug-likeness (QED) is 0.913. The average molecular weight is 291 g/mol. The number of benzene rings is 1. The van der Waals surface area contributed by atoms with E-state index >= 15 is 0 Å². The molecule has 5 heteroatoms. The molecule has 2 aromatic rings. The smallest absolute Gasteiger partial charge is 0.0695 e. The van der Waals surface area contributed by atoms with Crippen LogP contribution in [-0.4, -0.2) is 40.8 Å². The van der Waals surface area contributed by atoms with E-state index in [0.717, 1.165) is 42.5 Å². The standard InChI is InChI=1S/C15H19ClN4/c1-11-9-20(7-6-17-11)10-13-8-18-19-15(13)12-2-4-14(16)5-3-12/h2-5,8,11,17H,6-7,9-10H2,1H3,(H,18,19). The highest BCUT2D eigenvalue weighted by Crippen LogP contribution is 2.24. The summed E-state index contributed by atoms with van der Waals surface area (Å²) >= 11 is 5.94. The van der Waals surface area contributed by atoms with Crippen LogP contribution in [0, 0.1) is 0 Å². The minimum atomic E-state index is 0.551. The third-order valence-corrected chi connectivity index (χ3v) is 3.95. The number of aromatic nitrogens is 2. The molecule has 1 aromatic carbocycles. The van der Waals surface area contributed by atoms with Gasteiger partial charge in [0.15, 0.2) is 0 Å². The van der Waals surface area contributed by atoms with Gasteiger partial charge in [-0.25, -0.2) is 0 Å². The van der Waals surface area contributed by atoms with E-state index < -0.39 is 0 Å². The average Bonchev–Trinajstić information content (AvgIpc) is 2.88. The molecule has 0 radical (unpaired) electrons. The van der Waals surface area contributed by atoms with Gasteiger partial charge in [-0.1, -0.05) is 23.7 Å². The van der Waals surface area contributed by atoms with Crippen molar-refractivity contribution < 1.29 is 0 Å². The number of hydrogen-bond acceptors (Lipinski definition) is 3. The van der Waals surface area contributed by atoms with Crippen molar-refractivity contribution in [3.05, 3.63) is 41.0 Å². The van der Waals surface area contributed by atoms with E-state index in [0.29, 0.717) is 6.04 Å². The highest BCUT2D eigenvalue weighted by atomic mass is 35.5. The molecule has 0 spiro atoms. The van der Waals surface area contributed by atoms with E-state index in [-0.39, 0.29) is 0 Å². The summed E-state index contributed by atoms with van der Waals surface area (Å²) in [5, 5.41) is 11.5. The van der Waals surface area contributed by atoms with Gasteiger partial charge < -0.3 is 5.32 Å². The molecule has 1 aromatic heterocycles. The second-order valence-electron chi connectivity index (χ2n) is 5.37. The Balaban J connectivity index is 1.78. The largest absolute Gasteiger partial charge is 0.312 e. The molecule has 1 fully saturated rings. The van der Waals surface area contributed by atoms with Crippen molar-refractivity contribution in [1.82, 2.24) is 20.4 Å². The van der Waals surface area contributed by atoms with Crippen molar-refractivity contribution in [3.8, 4) is 11.3 Å². The Morgan fingerprint density at radius 1 is 1.35 bits per heavy atom. The van der Waals surface area contributed by atoms with Gasteiger partial charge in [-0.3, -0.25) is 10.00 Å². The molecular weight excluding hydrogens is 272 g/mol. The van der Waals surface area contributed by atoms with Crippen LogP contribution in [-0.2, 0) is 6.54 Å². The molecular formula is C15H19ClN4. The normalized spacial score (nSPS) is 20.2. The third kappa shape index (κ3) is 3.03. The SMILES string of the molecule is CC1CN(Cc2cn[nH]c2-c2ccc(Cl)cc2)CCN1. The molecule has 2 heterocycles. The lowest BCUT2D eigenvalue weighted by atomic mass is 10.1. The Hall–Kier alpha value is -1.36. The van der Waals surface area contributed by atoms with Crippen molar-refractivity contribution in [2.75, 3.05) is 19.6 Å². The Morgan fingerprint density at radius 3 is 2.90 bits per heavy atom. The van der Waals surface area contributed by atoms with Crippen molar-refractivity contribution >= 4 is 11.6 Å². The number of rotatable bonds is 3. The minimum absolute atomic E-state index is 0.551. The molecule has 0 bridgehead atoms. The van der Waals surface area contributed by atoms with Gasteiger partial charge in [0.25, 0.3) is 0 Å². The fraction of sp³-hybridized carbons (Fsp3) is 0.400. The van der Waals surface area contributed by atoms with Gasteiger partial charge in [0.2, 0.25) is 0 Å². The molecule has 106 valence electrons. The van der Waals surface area contributed by atoms with Crippen LogP contribution < -0.4 is 5.32 Å². The number of nitrogens with one attached hydrogen (secondary N) is 2. The van der Waals surface area contributed by atoms with Crippen molar-refractivity contribution in [2.24, 2.45) is 0 Å². The first-order chi connectivity index (χ1) is 9.72. The number of halogens is 1. The lowest BCUT2D eigenvalue weighted by Gasteiger charge is -2.31. The predicted molar refractivity (Wildman–Crippen MR) is 81.8 cm³/mol. The fourth-order valence-corrected chi connectivity index (χ4v) is 2.82. The predicted octanol–water partition coefficient (Wildman–Crippen LogP) is 2.52. The van der Waals surface area contributed by atoms with Gasteiger partial charge in [-0.2, -0.15) is 5.10 Å². The lowest BCUT2D eigenvalue weighted by molar-refractivity contribution is 0.200. The molecule has 1 atom stereocenters. The monoisotopic (exact) mass is 290 g/mol. The van der Waals surface area contributed by atoms with Crippen molar-refractivity contribution in [3.63, 3.8) is 0 Å². The summed E-state index contributed by atoms with van der Waals surface area (Å²) in [4.78, 5) is 2.46. The Labute approximate surface area is 124 Å². The Morgan fingerprint density at radius 2 is 2.15 bits per heavy atom. The fourth-order valence-electron chi connectivity index (χ4n) is 2.69. The van der Waals surface area contributed by atoms with Crippen LogP contribution in [0.2, 0.25) is 5.02 Å². The molecule has 2 N–H and O–H groups in total. The van der Waals surface area contributed by atoms with Crippen molar-refractivity contribution in [2.45, 2.75) is 19.5 Å². The van der Waals surface area contributed by atoms with Crippen LogP contribution in [0.25, 0.3) is 11.3 Å². The molecule has 1 unspecified atom stereocenters. The molecule has 1 aliphatic rings. The van der Waals surface area contributed by atoms with Crippen LogP contribution in [0.5, 0.6) is 0 Å². The van der Waals surface area contributed by atoms with Crippen molar-refractivity contribution in [1.29, 1.82) is 0 Å². The summed E-state index contributed by atoms with van der Waals surface area (Å²) in [7, 11) is 0. The number of H-pyrrole nitrogens is 1. The maximum absolute atomic E-state index is 5.94. The minimum Gasteiger partial charge on any atom is -0.312 e. The summed E-state index contributed by atoms with van der Waals surface area (Å²) in [6.45, 7) is 6.36. The molecule has 20 heavy (non-hydrogen) atoms. The zero-order valence-electron chi connectivity index (χ0n) is 11.6. The first-order valence-electron chi connectivity index (χ1n) is 6.96.